The Kier molecular flexibility index (Phi) is 5.94. The molecule has 0 spiro atoms. The highest BCUT2D eigenvalue weighted by atomic mass is 16.5. The van der Waals surface area contributed by atoms with E-state index in [2.05, 4.69) is 52.1 Å². The lowest BCUT2D eigenvalue weighted by Gasteiger charge is -2.60. The second-order valence-electron chi connectivity index (χ2n) is 13.1. The minimum atomic E-state index is -0.423. The van der Waals surface area contributed by atoms with Crippen molar-refractivity contribution in [2.75, 3.05) is 19.0 Å². The normalized spacial score (nSPS) is 36.7. The fourth-order valence-electron chi connectivity index (χ4n) is 7.99. The maximum absolute atomic E-state index is 13.9. The van der Waals surface area contributed by atoms with Crippen LogP contribution >= 0.6 is 0 Å². The summed E-state index contributed by atoms with van der Waals surface area (Å²) in [5.74, 6) is 1.55. The molecule has 1 N–H and O–H groups in total. The first-order chi connectivity index (χ1) is 16.5. The molecule has 1 aromatic rings. The van der Waals surface area contributed by atoms with Crippen molar-refractivity contribution in [1.29, 1.82) is 0 Å². The van der Waals surface area contributed by atoms with E-state index < -0.39 is 6.10 Å². The van der Waals surface area contributed by atoms with Crippen LogP contribution in [0.2, 0.25) is 0 Å². The van der Waals surface area contributed by atoms with Crippen LogP contribution in [0.1, 0.15) is 78.7 Å². The lowest BCUT2D eigenvalue weighted by molar-refractivity contribution is -0.132. The molecule has 0 radical (unpaired) electrons. The second-order valence-corrected chi connectivity index (χ2v) is 13.1. The van der Waals surface area contributed by atoms with Crippen molar-refractivity contribution in [3.05, 3.63) is 41.6 Å². The second kappa shape index (κ2) is 8.47. The first kappa shape index (κ1) is 24.5. The molecule has 2 amide bonds. The number of rotatable bonds is 2. The van der Waals surface area contributed by atoms with E-state index in [-0.39, 0.29) is 22.6 Å². The Hall–Kier alpha value is -2.14. The summed E-state index contributed by atoms with van der Waals surface area (Å²) in [6.07, 6.45) is 8.21. The highest BCUT2D eigenvalue weighted by Crippen LogP contribution is 2.64. The van der Waals surface area contributed by atoms with E-state index in [4.69, 9.17) is 4.74 Å². The van der Waals surface area contributed by atoms with Crippen LogP contribution in [0.5, 0.6) is 0 Å². The van der Waals surface area contributed by atoms with Gasteiger partial charge in [-0.2, -0.15) is 0 Å². The highest BCUT2D eigenvalue weighted by molar-refractivity contribution is 5.97. The number of nitrogens with zero attached hydrogens (tertiary/aromatic N) is 1. The minimum Gasteiger partial charge on any atom is -0.373 e. The van der Waals surface area contributed by atoms with Crippen LogP contribution in [0.25, 0.3) is 0 Å². The predicted octanol–water partition coefficient (Wildman–Crippen LogP) is 6.54. The first-order valence-electron chi connectivity index (χ1n) is 13.4. The molecule has 5 nitrogen and oxygen atoms in total. The number of benzene rings is 1. The molecule has 1 aliphatic heterocycles. The Balaban J connectivity index is 1.51. The van der Waals surface area contributed by atoms with Crippen molar-refractivity contribution in [1.82, 2.24) is 4.90 Å². The van der Waals surface area contributed by atoms with Crippen molar-refractivity contribution in [2.24, 2.45) is 28.6 Å². The van der Waals surface area contributed by atoms with Gasteiger partial charge in [-0.15, -0.1) is 0 Å². The van der Waals surface area contributed by atoms with Crippen LogP contribution in [0.3, 0.4) is 0 Å². The number of hydrogen-bond donors (Lipinski definition) is 1. The standard InChI is InChI=1S/C30H42N2O3/c1-28(2,3)19-9-7-10-20(15-19)31-27(34)32-18-21-22-11-8-13-29(22,4)14-12-23(21)30(5)17-25(35-6)24(33)16-26(30)32/h7,9-10,15-16,21-23,25H,8,11-14,17-18H2,1-6H3,(H,31,34)/t21-,22-,23-,25?,29-,30+/m0/s1. The average molecular weight is 479 g/mol. The molecule has 1 heterocycles. The van der Waals surface area contributed by atoms with Gasteiger partial charge >= 0.3 is 6.03 Å². The zero-order valence-electron chi connectivity index (χ0n) is 22.3. The van der Waals surface area contributed by atoms with E-state index >= 15 is 0 Å². The number of anilines is 1. The van der Waals surface area contributed by atoms with E-state index in [1.54, 1.807) is 13.2 Å². The van der Waals surface area contributed by atoms with Gasteiger partial charge in [0.05, 0.1) is 0 Å². The van der Waals surface area contributed by atoms with Gasteiger partial charge in [-0.25, -0.2) is 4.79 Å². The van der Waals surface area contributed by atoms with Gasteiger partial charge < -0.3 is 10.1 Å². The van der Waals surface area contributed by atoms with Gasteiger partial charge in [0, 0.05) is 36.5 Å². The molecule has 0 bridgehead atoms. The molecule has 5 rings (SSSR count). The van der Waals surface area contributed by atoms with Gasteiger partial charge in [-0.3, -0.25) is 9.69 Å². The maximum Gasteiger partial charge on any atom is 0.326 e. The van der Waals surface area contributed by atoms with Gasteiger partial charge in [0.1, 0.15) is 6.10 Å². The molecule has 4 aliphatic rings. The predicted molar refractivity (Wildman–Crippen MR) is 139 cm³/mol. The number of ketones is 1. The van der Waals surface area contributed by atoms with Gasteiger partial charge in [0.15, 0.2) is 5.78 Å². The SMILES string of the molecule is COC1C[C@@]2(C)C(=CC1=O)N(C(=O)Nc1cccc(C(C)(C)C)c1)C[C@H]1[C@@H]3CCC[C@@]3(C)CC[C@@H]12. The summed E-state index contributed by atoms with van der Waals surface area (Å²) < 4.78 is 5.63. The molecular formula is C30H42N2O3. The number of carbonyl (C=O) groups is 2. The number of amides is 2. The van der Waals surface area contributed by atoms with Gasteiger partial charge in [0.25, 0.3) is 0 Å². The molecule has 3 aliphatic carbocycles. The number of ether oxygens (including phenoxy) is 1. The average Bonchev–Trinajstić information content (AvgIpc) is 3.20. The monoisotopic (exact) mass is 478 g/mol. The molecule has 1 unspecified atom stereocenters. The number of piperidine rings is 1. The van der Waals surface area contributed by atoms with Crippen LogP contribution < -0.4 is 5.32 Å². The van der Waals surface area contributed by atoms with Crippen LogP contribution in [-0.2, 0) is 14.9 Å². The third kappa shape index (κ3) is 4.04. The van der Waals surface area contributed by atoms with Crippen LogP contribution in [0.4, 0.5) is 10.5 Å². The topological polar surface area (TPSA) is 58.6 Å². The van der Waals surface area contributed by atoms with Gasteiger partial charge in [-0.1, -0.05) is 53.2 Å². The van der Waals surface area contributed by atoms with Gasteiger partial charge in [-0.05, 0) is 78.4 Å². The first-order valence-corrected chi connectivity index (χ1v) is 13.4. The number of urea groups is 1. The lowest BCUT2D eigenvalue weighted by Crippen LogP contribution is -2.60. The van der Waals surface area contributed by atoms with E-state index in [0.29, 0.717) is 36.1 Å². The molecular weight excluding hydrogens is 436 g/mol. The number of carbonyl (C=O) groups excluding carboxylic acids is 2. The zero-order chi connectivity index (χ0) is 25.2. The molecule has 190 valence electrons. The zero-order valence-corrected chi connectivity index (χ0v) is 22.3. The van der Waals surface area contributed by atoms with Crippen LogP contribution in [0, 0.1) is 28.6 Å². The lowest BCUT2D eigenvalue weighted by atomic mass is 9.50. The fourth-order valence-corrected chi connectivity index (χ4v) is 7.99. The number of hydrogen-bond acceptors (Lipinski definition) is 3. The third-order valence-corrected chi connectivity index (χ3v) is 10.0. The Morgan fingerprint density at radius 3 is 2.63 bits per heavy atom. The van der Waals surface area contributed by atoms with Crippen LogP contribution in [-0.4, -0.2) is 36.5 Å². The maximum atomic E-state index is 13.9. The highest BCUT2D eigenvalue weighted by Gasteiger charge is 2.60. The van der Waals surface area contributed by atoms with Crippen LogP contribution in [0.15, 0.2) is 36.0 Å². The smallest absolute Gasteiger partial charge is 0.326 e. The Morgan fingerprint density at radius 1 is 1.14 bits per heavy atom. The molecule has 2 saturated carbocycles. The Labute approximate surface area is 210 Å². The van der Waals surface area contributed by atoms with E-state index in [1.165, 1.54) is 37.7 Å². The summed E-state index contributed by atoms with van der Waals surface area (Å²) in [5, 5.41) is 3.18. The summed E-state index contributed by atoms with van der Waals surface area (Å²) in [5.41, 5.74) is 3.02. The third-order valence-electron chi connectivity index (χ3n) is 10.0. The van der Waals surface area contributed by atoms with Crippen molar-refractivity contribution < 1.29 is 14.3 Å². The van der Waals surface area contributed by atoms with Crippen molar-refractivity contribution >= 4 is 17.5 Å². The summed E-state index contributed by atoms with van der Waals surface area (Å²) >= 11 is 0. The molecule has 5 heteroatoms. The number of allylic oxidation sites excluding steroid dienone is 1. The molecule has 6 atom stereocenters. The Bertz CT molecular complexity index is 1060. The molecule has 35 heavy (non-hydrogen) atoms. The van der Waals surface area contributed by atoms with Crippen molar-refractivity contribution in [2.45, 2.75) is 84.7 Å². The number of fused-ring (bicyclic) bond motifs is 5. The van der Waals surface area contributed by atoms with E-state index in [0.717, 1.165) is 11.4 Å². The number of nitrogens with one attached hydrogen (secondary N) is 1. The molecule has 3 fully saturated rings. The van der Waals surface area contributed by atoms with E-state index in [1.807, 2.05) is 17.0 Å². The molecule has 0 aromatic heterocycles. The summed E-state index contributed by atoms with van der Waals surface area (Å²) in [6.45, 7) is 12.0. The van der Waals surface area contributed by atoms with E-state index in [9.17, 15) is 9.59 Å². The summed E-state index contributed by atoms with van der Waals surface area (Å²) in [7, 11) is 1.63. The summed E-state index contributed by atoms with van der Waals surface area (Å²) in [6, 6.07) is 8.01. The Morgan fingerprint density at radius 2 is 1.91 bits per heavy atom. The molecule has 1 aromatic carbocycles. The summed E-state index contributed by atoms with van der Waals surface area (Å²) in [4.78, 5) is 28.7. The van der Waals surface area contributed by atoms with Crippen molar-refractivity contribution in [3.63, 3.8) is 0 Å². The quantitative estimate of drug-likeness (QED) is 0.525. The number of methoxy groups -OCH3 is 1. The fraction of sp³-hybridized carbons (Fsp3) is 0.667. The molecule has 1 saturated heterocycles. The largest absolute Gasteiger partial charge is 0.373 e. The van der Waals surface area contributed by atoms with Gasteiger partial charge in [0.2, 0.25) is 0 Å². The number of likely N-dealkylation sites (tertiary alicyclic amines) is 1. The minimum absolute atomic E-state index is 0.000164. The van der Waals surface area contributed by atoms with Crippen molar-refractivity contribution in [3.8, 4) is 0 Å².